The van der Waals surface area contributed by atoms with E-state index in [1.165, 1.54) is 24.3 Å². The van der Waals surface area contributed by atoms with Crippen LogP contribution in [0.3, 0.4) is 0 Å². The standard InChI is InChI=1S/C17H13FN2OS/c18-16-3-1-13(2-4-16)17(21)20-9-12-7-15(10-19-8-12)14-5-6-22-11-14/h1-8,10-11H,9H2,(H,20,21). The van der Waals surface area contributed by atoms with Crippen LogP contribution in [-0.2, 0) is 6.54 Å². The average molecular weight is 312 g/mol. The van der Waals surface area contributed by atoms with Crippen LogP contribution in [0.15, 0.2) is 59.6 Å². The highest BCUT2D eigenvalue weighted by Gasteiger charge is 2.06. The summed E-state index contributed by atoms with van der Waals surface area (Å²) in [6.07, 6.45) is 3.52. The van der Waals surface area contributed by atoms with Crippen molar-refractivity contribution in [3.63, 3.8) is 0 Å². The van der Waals surface area contributed by atoms with Crippen molar-refractivity contribution in [2.24, 2.45) is 0 Å². The lowest BCUT2D eigenvalue weighted by Gasteiger charge is -2.06. The Hall–Kier alpha value is -2.53. The second kappa shape index (κ2) is 6.49. The minimum atomic E-state index is -0.357. The van der Waals surface area contributed by atoms with Gasteiger partial charge in [-0.2, -0.15) is 11.3 Å². The van der Waals surface area contributed by atoms with E-state index >= 15 is 0 Å². The molecule has 110 valence electrons. The first kappa shape index (κ1) is 14.4. The normalized spacial score (nSPS) is 10.4. The molecule has 3 aromatic rings. The van der Waals surface area contributed by atoms with Gasteiger partial charge >= 0.3 is 0 Å². The van der Waals surface area contributed by atoms with Crippen LogP contribution in [0, 0.1) is 5.82 Å². The molecule has 0 bridgehead atoms. The van der Waals surface area contributed by atoms with E-state index in [0.717, 1.165) is 16.7 Å². The lowest BCUT2D eigenvalue weighted by atomic mass is 10.1. The van der Waals surface area contributed by atoms with Crippen LogP contribution in [0.2, 0.25) is 0 Å². The minimum Gasteiger partial charge on any atom is -0.348 e. The molecule has 3 rings (SSSR count). The van der Waals surface area contributed by atoms with Gasteiger partial charge in [-0.1, -0.05) is 0 Å². The molecular formula is C17H13FN2OS. The van der Waals surface area contributed by atoms with Gasteiger partial charge in [-0.25, -0.2) is 4.39 Å². The zero-order chi connectivity index (χ0) is 15.4. The fraction of sp³-hybridized carbons (Fsp3) is 0.0588. The Labute approximate surface area is 131 Å². The second-order valence-electron chi connectivity index (χ2n) is 4.78. The molecule has 0 unspecified atom stereocenters. The van der Waals surface area contributed by atoms with Crippen LogP contribution in [0.1, 0.15) is 15.9 Å². The Morgan fingerprint density at radius 1 is 1.14 bits per heavy atom. The number of carbonyl (C=O) groups is 1. The highest BCUT2D eigenvalue weighted by atomic mass is 32.1. The topological polar surface area (TPSA) is 42.0 Å². The predicted molar refractivity (Wildman–Crippen MR) is 85.1 cm³/mol. The smallest absolute Gasteiger partial charge is 0.251 e. The molecule has 0 fully saturated rings. The number of carbonyl (C=O) groups excluding carboxylic acids is 1. The number of halogens is 1. The largest absolute Gasteiger partial charge is 0.348 e. The molecule has 0 saturated heterocycles. The summed E-state index contributed by atoms with van der Waals surface area (Å²) < 4.78 is 12.8. The minimum absolute atomic E-state index is 0.235. The lowest BCUT2D eigenvalue weighted by molar-refractivity contribution is 0.0951. The zero-order valence-corrected chi connectivity index (χ0v) is 12.4. The molecule has 0 saturated carbocycles. The van der Waals surface area contributed by atoms with Crippen molar-refractivity contribution in [1.82, 2.24) is 10.3 Å². The number of hydrogen-bond donors (Lipinski definition) is 1. The highest BCUT2D eigenvalue weighted by molar-refractivity contribution is 7.08. The molecule has 0 aliphatic carbocycles. The van der Waals surface area contributed by atoms with Gasteiger partial charge < -0.3 is 5.32 Å². The molecule has 0 spiro atoms. The number of hydrogen-bond acceptors (Lipinski definition) is 3. The molecule has 1 amide bonds. The van der Waals surface area contributed by atoms with Crippen molar-refractivity contribution in [3.05, 3.63) is 76.5 Å². The van der Waals surface area contributed by atoms with E-state index in [2.05, 4.69) is 15.7 Å². The maximum absolute atomic E-state index is 12.8. The maximum atomic E-state index is 12.8. The number of nitrogens with one attached hydrogen (secondary N) is 1. The molecule has 0 aliphatic rings. The van der Waals surface area contributed by atoms with Crippen LogP contribution in [0.5, 0.6) is 0 Å². The number of benzene rings is 1. The van der Waals surface area contributed by atoms with Gasteiger partial charge in [0.2, 0.25) is 0 Å². The fourth-order valence-electron chi connectivity index (χ4n) is 2.06. The Balaban J connectivity index is 1.67. The molecule has 22 heavy (non-hydrogen) atoms. The third-order valence-corrected chi connectivity index (χ3v) is 3.89. The number of nitrogens with zero attached hydrogens (tertiary/aromatic N) is 1. The zero-order valence-electron chi connectivity index (χ0n) is 11.6. The monoisotopic (exact) mass is 312 g/mol. The Morgan fingerprint density at radius 2 is 1.95 bits per heavy atom. The molecule has 2 heterocycles. The van der Waals surface area contributed by atoms with Gasteiger partial charge in [-0.15, -0.1) is 0 Å². The fourth-order valence-corrected chi connectivity index (χ4v) is 2.72. The summed E-state index contributed by atoms with van der Waals surface area (Å²) in [5.41, 5.74) is 3.49. The molecule has 0 atom stereocenters. The lowest BCUT2D eigenvalue weighted by Crippen LogP contribution is -2.22. The average Bonchev–Trinajstić information content (AvgIpc) is 3.08. The van der Waals surface area contributed by atoms with E-state index in [-0.39, 0.29) is 11.7 Å². The summed E-state index contributed by atoms with van der Waals surface area (Å²) in [6.45, 7) is 0.376. The van der Waals surface area contributed by atoms with Gasteiger partial charge in [-0.05, 0) is 58.3 Å². The molecule has 1 N–H and O–H groups in total. The van der Waals surface area contributed by atoms with Gasteiger partial charge in [-0.3, -0.25) is 9.78 Å². The third-order valence-electron chi connectivity index (χ3n) is 3.21. The molecule has 1 aromatic carbocycles. The van der Waals surface area contributed by atoms with Crippen LogP contribution in [0.25, 0.3) is 11.1 Å². The van der Waals surface area contributed by atoms with Crippen LogP contribution in [-0.4, -0.2) is 10.9 Å². The summed E-state index contributed by atoms with van der Waals surface area (Å²) in [6, 6.07) is 9.50. The van der Waals surface area contributed by atoms with Gasteiger partial charge in [0.25, 0.3) is 5.91 Å². The number of pyridine rings is 1. The highest BCUT2D eigenvalue weighted by Crippen LogP contribution is 2.21. The SMILES string of the molecule is O=C(NCc1cncc(-c2ccsc2)c1)c1ccc(F)cc1. The summed E-state index contributed by atoms with van der Waals surface area (Å²) in [5, 5.41) is 6.87. The molecular weight excluding hydrogens is 299 g/mol. The van der Waals surface area contributed by atoms with Crippen molar-refractivity contribution < 1.29 is 9.18 Å². The van der Waals surface area contributed by atoms with Gasteiger partial charge in [0.1, 0.15) is 5.82 Å². The van der Waals surface area contributed by atoms with Crippen LogP contribution in [0.4, 0.5) is 4.39 Å². The first-order valence-electron chi connectivity index (χ1n) is 6.72. The molecule has 3 nitrogen and oxygen atoms in total. The molecule has 2 aromatic heterocycles. The van der Waals surface area contributed by atoms with Gasteiger partial charge in [0, 0.05) is 30.1 Å². The van der Waals surface area contributed by atoms with Crippen LogP contribution >= 0.6 is 11.3 Å². The van der Waals surface area contributed by atoms with Gasteiger partial charge in [0.15, 0.2) is 0 Å². The van der Waals surface area contributed by atoms with Crippen LogP contribution < -0.4 is 5.32 Å². The second-order valence-corrected chi connectivity index (χ2v) is 5.56. The van der Waals surface area contributed by atoms with E-state index in [1.54, 1.807) is 23.7 Å². The molecule has 0 aliphatic heterocycles. The predicted octanol–water partition coefficient (Wildman–Crippen LogP) is 3.88. The third kappa shape index (κ3) is 3.38. The summed E-state index contributed by atoms with van der Waals surface area (Å²) >= 11 is 1.63. The summed E-state index contributed by atoms with van der Waals surface area (Å²) in [4.78, 5) is 16.2. The Morgan fingerprint density at radius 3 is 2.68 bits per heavy atom. The molecule has 0 radical (unpaired) electrons. The van der Waals surface area contributed by atoms with Gasteiger partial charge in [0.05, 0.1) is 0 Å². The van der Waals surface area contributed by atoms with Crippen molar-refractivity contribution in [2.45, 2.75) is 6.54 Å². The van der Waals surface area contributed by atoms with E-state index in [4.69, 9.17) is 0 Å². The van der Waals surface area contributed by atoms with Crippen molar-refractivity contribution in [3.8, 4) is 11.1 Å². The first-order chi connectivity index (χ1) is 10.7. The maximum Gasteiger partial charge on any atom is 0.251 e. The summed E-state index contributed by atoms with van der Waals surface area (Å²) in [7, 11) is 0. The number of amides is 1. The summed E-state index contributed by atoms with van der Waals surface area (Å²) in [5.74, 6) is -0.592. The van der Waals surface area contributed by atoms with Crippen molar-refractivity contribution in [1.29, 1.82) is 0 Å². The van der Waals surface area contributed by atoms with Crippen molar-refractivity contribution >= 4 is 17.2 Å². The number of rotatable bonds is 4. The molecule has 5 heteroatoms. The van der Waals surface area contributed by atoms with E-state index in [1.807, 2.05) is 17.5 Å². The van der Waals surface area contributed by atoms with E-state index in [9.17, 15) is 9.18 Å². The Kier molecular flexibility index (Phi) is 4.25. The number of thiophene rings is 1. The van der Waals surface area contributed by atoms with E-state index in [0.29, 0.717) is 12.1 Å². The first-order valence-corrected chi connectivity index (χ1v) is 7.67. The Bertz CT molecular complexity index is 770. The number of aromatic nitrogens is 1. The quantitative estimate of drug-likeness (QED) is 0.794. The van der Waals surface area contributed by atoms with Crippen molar-refractivity contribution in [2.75, 3.05) is 0 Å². The van der Waals surface area contributed by atoms with E-state index < -0.39 is 0 Å².